The number of fused-ring (bicyclic) bond motifs is 12. The molecule has 11 aromatic rings. The monoisotopic (exact) mass is 1330 g/mol. The first-order valence-electron chi connectivity index (χ1n) is 27.0. The number of nitriles is 2. The lowest BCUT2D eigenvalue weighted by Crippen LogP contribution is -2.20. The maximum Gasteiger partial charge on any atom is 0.416 e. The summed E-state index contributed by atoms with van der Waals surface area (Å²) >= 11 is 0. The van der Waals surface area contributed by atoms with Gasteiger partial charge in [0.05, 0.1) is 89.1 Å². The Morgan fingerprint density at radius 1 is 0.255 bits per heavy atom. The molecule has 0 amide bonds. The van der Waals surface area contributed by atoms with Gasteiger partial charge in [-0.05, 0) is 142 Å². The molecule has 0 atom stereocenters. The van der Waals surface area contributed by atoms with Crippen molar-refractivity contribution in [3.63, 3.8) is 0 Å². The predicted molar refractivity (Wildman–Crippen MR) is 290 cm³/mol. The number of benzene rings is 9. The Bertz CT molecular complexity index is 4720. The molecule has 2 heterocycles. The Balaban J connectivity index is 1.41. The van der Waals surface area contributed by atoms with E-state index < -0.39 is 228 Å². The zero-order valence-electron chi connectivity index (χ0n) is 45.9. The van der Waals surface area contributed by atoms with Crippen molar-refractivity contribution < 1.29 is 105 Å². The number of hydrogen-bond donors (Lipinski definition) is 0. The summed E-state index contributed by atoms with van der Waals surface area (Å²) in [6.07, 6.45) is -43.7. The van der Waals surface area contributed by atoms with Gasteiger partial charge in [-0.1, -0.05) is 48.5 Å². The van der Waals surface area contributed by atoms with Crippen LogP contribution in [-0.2, 0) is 49.4 Å². The van der Waals surface area contributed by atoms with E-state index in [1.165, 1.54) is 0 Å². The highest BCUT2D eigenvalue weighted by atomic mass is 19.4. The minimum absolute atomic E-state index is 0.224. The molecule has 0 bridgehead atoms. The van der Waals surface area contributed by atoms with E-state index >= 15 is 105 Å². The predicted octanol–water partition coefficient (Wildman–Crippen LogP) is 22.1. The van der Waals surface area contributed by atoms with Crippen LogP contribution in [0, 0.1) is 22.7 Å². The van der Waals surface area contributed by atoms with Crippen molar-refractivity contribution in [2.24, 2.45) is 0 Å². The largest absolute Gasteiger partial charge is 0.416 e. The highest BCUT2D eigenvalue weighted by Crippen LogP contribution is 2.60. The Hall–Kier alpha value is -10.1. The molecule has 0 saturated carbocycles. The Morgan fingerprint density at radius 3 is 0.649 bits per heavy atom. The SMILES string of the molecule is N#Cc1c(C2c3cc(C(F)(F)F)ccc3-c3ccc(C(F)(F)F)cc32)c(C#N)c(-n2c3cc(C(F)(F)F)ccc3c3ccc(C(F)(F)F)cc32)c(C2c3cc(C(F)(F)F)ccc3-c3ccc(C(F)(F)F)cc32)c1-n1c2cc(C(F)(F)F)ccc2c2ccc(C(F)(F)F)cc21. The quantitative estimate of drug-likeness (QED) is 0.165. The molecule has 4 nitrogen and oxygen atoms in total. The zero-order valence-corrected chi connectivity index (χ0v) is 45.9. The van der Waals surface area contributed by atoms with Gasteiger partial charge in [0.2, 0.25) is 0 Å². The van der Waals surface area contributed by atoms with Crippen LogP contribution in [0.3, 0.4) is 0 Å². The minimum Gasteiger partial charge on any atom is -0.307 e. The summed E-state index contributed by atoms with van der Waals surface area (Å²) in [6.45, 7) is 0. The second-order valence-corrected chi connectivity index (χ2v) is 22.2. The van der Waals surface area contributed by atoms with E-state index in [1.807, 2.05) is 0 Å². The van der Waals surface area contributed by atoms with Gasteiger partial charge in [0, 0.05) is 44.5 Å². The number of nitrogens with zero attached hydrogens (tertiary/aromatic N) is 4. The van der Waals surface area contributed by atoms with E-state index in [0.29, 0.717) is 106 Å². The average Bonchev–Trinajstić information content (AvgIpc) is 1.47. The van der Waals surface area contributed by atoms with E-state index in [-0.39, 0.29) is 36.4 Å². The number of aromatic nitrogens is 2. The third kappa shape index (κ3) is 9.79. The molecule has 478 valence electrons. The summed E-state index contributed by atoms with van der Waals surface area (Å²) in [4.78, 5) is 0. The van der Waals surface area contributed by atoms with Gasteiger partial charge in [0.25, 0.3) is 0 Å². The third-order valence-corrected chi connectivity index (χ3v) is 17.0. The third-order valence-electron chi connectivity index (χ3n) is 17.0. The number of hydrogen-bond acceptors (Lipinski definition) is 2. The molecule has 2 aliphatic carbocycles. The summed E-state index contributed by atoms with van der Waals surface area (Å²) < 4.78 is 367. The summed E-state index contributed by atoms with van der Waals surface area (Å²) in [5.74, 6) is -5.21. The van der Waals surface area contributed by atoms with Gasteiger partial charge in [0.1, 0.15) is 12.1 Å². The molecule has 0 aliphatic heterocycles. The van der Waals surface area contributed by atoms with Crippen LogP contribution in [0.25, 0.3) is 77.2 Å². The second-order valence-electron chi connectivity index (χ2n) is 22.2. The minimum atomic E-state index is -5.49. The smallest absolute Gasteiger partial charge is 0.307 e. The van der Waals surface area contributed by atoms with Gasteiger partial charge in [-0.3, -0.25) is 0 Å². The van der Waals surface area contributed by atoms with Crippen LogP contribution in [0.4, 0.5) is 105 Å². The Labute approximate surface area is 508 Å². The van der Waals surface area contributed by atoms with E-state index in [9.17, 15) is 10.5 Å². The summed E-state index contributed by atoms with van der Waals surface area (Å²) in [7, 11) is 0. The summed E-state index contributed by atoms with van der Waals surface area (Å²) in [5.41, 5.74) is -30.8. The van der Waals surface area contributed by atoms with Crippen molar-refractivity contribution in [2.75, 3.05) is 0 Å². The van der Waals surface area contributed by atoms with Gasteiger partial charge in [-0.2, -0.15) is 116 Å². The van der Waals surface area contributed by atoms with Crippen LogP contribution in [0.15, 0.2) is 146 Å². The van der Waals surface area contributed by atoms with Crippen LogP contribution in [-0.4, -0.2) is 9.13 Å². The Kier molecular flexibility index (Phi) is 13.5. The molecule has 0 spiro atoms. The second kappa shape index (κ2) is 20.2. The molecule has 2 aliphatic rings. The molecule has 0 N–H and O–H groups in total. The van der Waals surface area contributed by atoms with Crippen molar-refractivity contribution in [3.8, 4) is 45.8 Å². The molecule has 0 saturated heterocycles. The summed E-state index contributed by atoms with van der Waals surface area (Å²) in [6, 6.07) is 14.1. The zero-order chi connectivity index (χ0) is 68.0. The lowest BCUT2D eigenvalue weighted by Gasteiger charge is -2.31. The highest BCUT2D eigenvalue weighted by molar-refractivity contribution is 6.12. The number of halogens is 24. The van der Waals surface area contributed by atoms with Crippen molar-refractivity contribution in [1.29, 1.82) is 10.5 Å². The number of alkyl halides is 24. The average molecular weight is 1330 g/mol. The van der Waals surface area contributed by atoms with Gasteiger partial charge >= 0.3 is 49.4 Å². The molecule has 13 rings (SSSR count). The van der Waals surface area contributed by atoms with Gasteiger partial charge < -0.3 is 9.13 Å². The molecule has 0 fully saturated rings. The fraction of sp³-hybridized carbons (Fsp3) is 0.152. The van der Waals surface area contributed by atoms with Gasteiger partial charge in [-0.25, -0.2) is 0 Å². The van der Waals surface area contributed by atoms with Crippen LogP contribution in [0.5, 0.6) is 0 Å². The summed E-state index contributed by atoms with van der Waals surface area (Å²) in [5, 5.41) is 22.2. The lowest BCUT2D eigenvalue weighted by atomic mass is 9.76. The van der Waals surface area contributed by atoms with Crippen LogP contribution in [0.1, 0.15) is 101 Å². The normalized spacial score (nSPS) is 14.3. The molecule has 0 radical (unpaired) electrons. The van der Waals surface area contributed by atoms with Crippen molar-refractivity contribution >= 4 is 43.6 Å². The van der Waals surface area contributed by atoms with Crippen LogP contribution in [0.2, 0.25) is 0 Å². The van der Waals surface area contributed by atoms with Crippen molar-refractivity contribution in [2.45, 2.75) is 61.2 Å². The van der Waals surface area contributed by atoms with Crippen molar-refractivity contribution in [1.82, 2.24) is 9.13 Å². The fourth-order valence-electron chi connectivity index (χ4n) is 13.1. The fourth-order valence-corrected chi connectivity index (χ4v) is 13.1. The first-order chi connectivity index (χ1) is 43.6. The standard InChI is InChI=1S/C66H26F24N4/c67-59(68,69)27-1-9-35-36-10-2-28(60(70,71)72)18-44(36)53(43(35)17-27)55-47(25-91)57(93-49-21-31(63(79,80)81)5-13-39(49)40-14-6-32(22-50(40)93)64(82,83)84)56(54-45-19-29(61(73,74)75)3-11-37(45)38-12-4-30(20-46(38)54)62(76,77)78)58(48(55)26-92)94-51-23-33(65(85,86)87)7-15-41(51)42-16-8-34(24-52(42)94)66(88,89)90/h1-24,53-54H. The highest BCUT2D eigenvalue weighted by Gasteiger charge is 2.48. The first-order valence-corrected chi connectivity index (χ1v) is 27.0. The maximum absolute atomic E-state index is 15.3. The molecule has 94 heavy (non-hydrogen) atoms. The molecular formula is C66H26F24N4. The van der Waals surface area contributed by atoms with Gasteiger partial charge in [0.15, 0.2) is 0 Å². The number of rotatable bonds is 4. The van der Waals surface area contributed by atoms with E-state index in [1.54, 1.807) is 12.1 Å². The molecule has 0 unspecified atom stereocenters. The molecular weight excluding hydrogens is 1300 g/mol. The van der Waals surface area contributed by atoms with E-state index in [4.69, 9.17) is 0 Å². The molecule has 28 heteroatoms. The van der Waals surface area contributed by atoms with Gasteiger partial charge in [-0.15, -0.1) is 0 Å². The topological polar surface area (TPSA) is 57.4 Å². The van der Waals surface area contributed by atoms with Crippen LogP contribution >= 0.6 is 0 Å². The van der Waals surface area contributed by atoms with E-state index in [2.05, 4.69) is 0 Å². The molecule has 2 aromatic heterocycles. The molecule has 9 aromatic carbocycles. The lowest BCUT2D eigenvalue weighted by molar-refractivity contribution is -0.138. The Morgan fingerprint density at radius 2 is 0.447 bits per heavy atom. The van der Waals surface area contributed by atoms with Crippen molar-refractivity contribution in [3.05, 3.63) is 235 Å². The maximum atomic E-state index is 15.3. The van der Waals surface area contributed by atoms with E-state index in [0.717, 1.165) is 12.1 Å². The first kappa shape index (κ1) is 62.7. The van der Waals surface area contributed by atoms with Crippen LogP contribution < -0.4 is 0 Å².